The van der Waals surface area contributed by atoms with E-state index in [-0.39, 0.29) is 17.2 Å². The molecule has 3 heterocycles. The van der Waals surface area contributed by atoms with Crippen molar-refractivity contribution in [2.75, 3.05) is 0 Å². The first-order chi connectivity index (χ1) is 20.0. The number of furan rings is 1. The van der Waals surface area contributed by atoms with Crippen LogP contribution in [0.4, 0.5) is 4.39 Å². The highest BCUT2D eigenvalue weighted by Crippen LogP contribution is 2.30. The van der Waals surface area contributed by atoms with Gasteiger partial charge < -0.3 is 8.98 Å². The Morgan fingerprint density at radius 3 is 2.56 bits per heavy atom. The second-order valence-corrected chi connectivity index (χ2v) is 10.2. The number of nitrogens with zero attached hydrogens (tertiary/aromatic N) is 4. The van der Waals surface area contributed by atoms with Crippen LogP contribution in [0.25, 0.3) is 44.4 Å². The van der Waals surface area contributed by atoms with Gasteiger partial charge in [-0.05, 0) is 55.5 Å². The van der Waals surface area contributed by atoms with Crippen LogP contribution < -0.4 is 5.56 Å². The lowest BCUT2D eigenvalue weighted by molar-refractivity contribution is 0.600. The fourth-order valence-corrected chi connectivity index (χ4v) is 5.43. The molecule has 0 N–H and O–H groups in total. The molecule has 6 nitrogen and oxygen atoms in total. The highest BCUT2D eigenvalue weighted by Gasteiger charge is 2.18. The summed E-state index contributed by atoms with van der Waals surface area (Å²) in [5, 5.41) is 7.42. The summed E-state index contributed by atoms with van der Waals surface area (Å²) >= 11 is 6.19. The summed E-state index contributed by atoms with van der Waals surface area (Å²) in [5.41, 5.74) is 4.06. The Balaban J connectivity index is 1.41. The molecule has 7 aromatic rings. The van der Waals surface area contributed by atoms with Crippen molar-refractivity contribution in [3.8, 4) is 11.6 Å². The van der Waals surface area contributed by atoms with Gasteiger partial charge in [0.05, 0.1) is 23.7 Å². The standard InChI is InChI=1S/C33H22ClFN4O2/c1-20-26(24-9-4-7-13-29(24)38(20)19-21-8-2-5-11-27(21)35)18-36-39-32(37-28-12-6-3-10-25(28)33(39)40)31-17-22-16-23(34)14-15-30(22)41-31/h2-18H,19H2,1H3. The SMILES string of the molecule is Cc1c(C=Nn2c(-c3cc4cc(Cl)ccc4o3)nc3ccccc3c2=O)c2ccccc2n1Cc1ccccc1F. The largest absolute Gasteiger partial charge is 0.453 e. The number of aromatic nitrogens is 3. The highest BCUT2D eigenvalue weighted by atomic mass is 35.5. The maximum Gasteiger partial charge on any atom is 0.282 e. The summed E-state index contributed by atoms with van der Waals surface area (Å²) in [7, 11) is 0. The Kier molecular flexibility index (Phi) is 6.02. The molecule has 0 unspecified atom stereocenters. The first-order valence-corrected chi connectivity index (χ1v) is 13.4. The van der Waals surface area contributed by atoms with Gasteiger partial charge in [-0.15, -0.1) is 0 Å². The van der Waals surface area contributed by atoms with E-state index in [2.05, 4.69) is 9.67 Å². The number of rotatable bonds is 5. The molecule has 0 fully saturated rings. The van der Waals surface area contributed by atoms with Gasteiger partial charge in [0, 0.05) is 38.1 Å². The van der Waals surface area contributed by atoms with Crippen molar-refractivity contribution in [1.82, 2.24) is 14.2 Å². The molecule has 0 radical (unpaired) electrons. The van der Waals surface area contributed by atoms with Crippen molar-refractivity contribution in [1.29, 1.82) is 0 Å². The lowest BCUT2D eigenvalue weighted by atomic mass is 10.1. The van der Waals surface area contributed by atoms with Crippen molar-refractivity contribution in [3.05, 3.63) is 135 Å². The third-order valence-corrected chi connectivity index (χ3v) is 7.56. The molecule has 0 saturated heterocycles. The minimum Gasteiger partial charge on any atom is -0.453 e. The van der Waals surface area contributed by atoms with E-state index in [0.29, 0.717) is 39.4 Å². The van der Waals surface area contributed by atoms with E-state index in [4.69, 9.17) is 21.0 Å². The number of halogens is 2. The quantitative estimate of drug-likeness (QED) is 0.202. The maximum absolute atomic E-state index is 14.6. The second kappa shape index (κ2) is 9.87. The zero-order valence-electron chi connectivity index (χ0n) is 21.9. The number of hydrogen-bond donors (Lipinski definition) is 0. The normalized spacial score (nSPS) is 11.9. The Morgan fingerprint density at radius 2 is 1.71 bits per heavy atom. The summed E-state index contributed by atoms with van der Waals surface area (Å²) in [4.78, 5) is 18.5. The molecular weight excluding hydrogens is 539 g/mol. The molecule has 0 amide bonds. The van der Waals surface area contributed by atoms with E-state index in [1.165, 1.54) is 10.7 Å². The van der Waals surface area contributed by atoms with Crippen molar-refractivity contribution >= 4 is 50.6 Å². The van der Waals surface area contributed by atoms with Gasteiger partial charge in [-0.2, -0.15) is 9.78 Å². The van der Waals surface area contributed by atoms with Crippen LogP contribution in [-0.4, -0.2) is 20.4 Å². The Hall–Kier alpha value is -5.01. The monoisotopic (exact) mass is 560 g/mol. The van der Waals surface area contributed by atoms with Crippen LogP contribution in [0.15, 0.2) is 111 Å². The molecule has 7 rings (SSSR count). The van der Waals surface area contributed by atoms with Gasteiger partial charge in [0.15, 0.2) is 5.76 Å². The Morgan fingerprint density at radius 1 is 0.951 bits per heavy atom. The van der Waals surface area contributed by atoms with Crippen molar-refractivity contribution in [3.63, 3.8) is 0 Å². The molecule has 3 aromatic heterocycles. The molecule has 8 heteroatoms. The summed E-state index contributed by atoms with van der Waals surface area (Å²) in [5.74, 6) is 0.399. The van der Waals surface area contributed by atoms with Crippen LogP contribution in [0, 0.1) is 12.7 Å². The minimum absolute atomic E-state index is 0.259. The van der Waals surface area contributed by atoms with Crippen LogP contribution in [0.2, 0.25) is 5.02 Å². The van der Waals surface area contributed by atoms with Crippen LogP contribution in [0.1, 0.15) is 16.8 Å². The van der Waals surface area contributed by atoms with Gasteiger partial charge in [0.25, 0.3) is 5.56 Å². The van der Waals surface area contributed by atoms with Crippen LogP contribution >= 0.6 is 11.6 Å². The molecule has 0 bridgehead atoms. The summed E-state index contributed by atoms with van der Waals surface area (Å²) in [6.45, 7) is 2.32. The van der Waals surface area contributed by atoms with E-state index < -0.39 is 0 Å². The predicted octanol–water partition coefficient (Wildman–Crippen LogP) is 7.80. The number of benzene rings is 4. The number of fused-ring (bicyclic) bond motifs is 3. The average molecular weight is 561 g/mol. The van der Waals surface area contributed by atoms with Gasteiger partial charge in [-0.25, -0.2) is 9.37 Å². The molecule has 200 valence electrons. The predicted molar refractivity (Wildman–Crippen MR) is 161 cm³/mol. The highest BCUT2D eigenvalue weighted by molar-refractivity contribution is 6.31. The van der Waals surface area contributed by atoms with Gasteiger partial charge in [-0.3, -0.25) is 4.79 Å². The Bertz CT molecular complexity index is 2210. The van der Waals surface area contributed by atoms with Crippen LogP contribution in [0.3, 0.4) is 0 Å². The van der Waals surface area contributed by atoms with E-state index in [9.17, 15) is 9.18 Å². The smallest absolute Gasteiger partial charge is 0.282 e. The third-order valence-electron chi connectivity index (χ3n) is 7.32. The zero-order valence-corrected chi connectivity index (χ0v) is 22.6. The van der Waals surface area contributed by atoms with E-state index in [1.54, 1.807) is 60.8 Å². The fraction of sp³-hybridized carbons (Fsp3) is 0.0606. The lowest BCUT2D eigenvalue weighted by Crippen LogP contribution is -2.20. The second-order valence-electron chi connectivity index (χ2n) is 9.80. The molecule has 0 aliphatic rings. The molecule has 0 aliphatic carbocycles. The van der Waals surface area contributed by atoms with Gasteiger partial charge in [0.1, 0.15) is 11.4 Å². The fourth-order valence-electron chi connectivity index (χ4n) is 5.25. The van der Waals surface area contributed by atoms with Crippen LogP contribution in [-0.2, 0) is 6.54 Å². The van der Waals surface area contributed by atoms with E-state index >= 15 is 0 Å². The molecule has 0 atom stereocenters. The first kappa shape index (κ1) is 25.0. The van der Waals surface area contributed by atoms with Gasteiger partial charge in [0.2, 0.25) is 5.82 Å². The molecule has 41 heavy (non-hydrogen) atoms. The molecule has 0 saturated carbocycles. The minimum atomic E-state index is -0.326. The van der Waals surface area contributed by atoms with Gasteiger partial charge in [-0.1, -0.05) is 60.1 Å². The maximum atomic E-state index is 14.6. The molecular formula is C33H22ClFN4O2. The number of para-hydroxylation sites is 2. The molecule has 4 aromatic carbocycles. The number of hydrogen-bond acceptors (Lipinski definition) is 4. The Labute approximate surface area is 238 Å². The van der Waals surface area contributed by atoms with E-state index in [0.717, 1.165) is 27.5 Å². The van der Waals surface area contributed by atoms with Crippen LogP contribution in [0.5, 0.6) is 0 Å². The van der Waals surface area contributed by atoms with Gasteiger partial charge >= 0.3 is 0 Å². The van der Waals surface area contributed by atoms with Crippen molar-refractivity contribution < 1.29 is 8.81 Å². The van der Waals surface area contributed by atoms with Crippen molar-refractivity contribution in [2.24, 2.45) is 5.10 Å². The average Bonchev–Trinajstić information content (AvgIpc) is 3.52. The third kappa shape index (κ3) is 4.31. The summed E-state index contributed by atoms with van der Waals surface area (Å²) in [6, 6.07) is 28.9. The summed E-state index contributed by atoms with van der Waals surface area (Å²) < 4.78 is 24.0. The topological polar surface area (TPSA) is 65.3 Å². The summed E-state index contributed by atoms with van der Waals surface area (Å²) in [6.07, 6.45) is 1.66. The molecule has 0 aliphatic heterocycles. The zero-order chi connectivity index (χ0) is 28.1. The lowest BCUT2D eigenvalue weighted by Gasteiger charge is -2.09. The van der Waals surface area contributed by atoms with Crippen molar-refractivity contribution in [2.45, 2.75) is 13.5 Å². The first-order valence-electron chi connectivity index (χ1n) is 13.0. The van der Waals surface area contributed by atoms with E-state index in [1.807, 2.05) is 43.3 Å². The molecule has 0 spiro atoms.